The number of carboxylic acids is 1. The average molecular weight is 302 g/mol. The molecule has 3 heteroatoms. The molecule has 0 saturated heterocycles. The quantitative estimate of drug-likeness (QED) is 0.680. The maximum absolute atomic E-state index is 10.5. The SMILES string of the molecule is O=C(O)CCCCc1cc(CCCc2ccccc2)cs1. The zero-order chi connectivity index (χ0) is 14.9. The number of hydrogen-bond acceptors (Lipinski definition) is 2. The third kappa shape index (κ3) is 6.13. The van der Waals surface area contributed by atoms with E-state index in [0.29, 0.717) is 0 Å². The lowest BCUT2D eigenvalue weighted by Gasteiger charge is -2.00. The second kappa shape index (κ2) is 8.63. The van der Waals surface area contributed by atoms with Crippen LogP contribution in [-0.2, 0) is 24.1 Å². The van der Waals surface area contributed by atoms with Crippen LogP contribution in [0.3, 0.4) is 0 Å². The van der Waals surface area contributed by atoms with Crippen molar-refractivity contribution < 1.29 is 9.90 Å². The minimum atomic E-state index is -0.692. The van der Waals surface area contributed by atoms with E-state index in [4.69, 9.17) is 5.11 Å². The minimum absolute atomic E-state index is 0.287. The highest BCUT2D eigenvalue weighted by Crippen LogP contribution is 2.19. The van der Waals surface area contributed by atoms with E-state index in [1.165, 1.54) is 22.4 Å². The molecule has 0 aliphatic heterocycles. The van der Waals surface area contributed by atoms with Gasteiger partial charge in [0.2, 0.25) is 0 Å². The molecule has 0 spiro atoms. The summed E-state index contributed by atoms with van der Waals surface area (Å²) in [5, 5.41) is 10.9. The number of thiophene rings is 1. The summed E-state index contributed by atoms with van der Waals surface area (Å²) < 4.78 is 0. The van der Waals surface area contributed by atoms with Crippen molar-refractivity contribution in [1.82, 2.24) is 0 Å². The molecule has 2 aromatic rings. The number of rotatable bonds is 9. The standard InChI is InChI=1S/C18H22O2S/c19-18(20)12-5-4-11-17-13-16(14-21-17)10-6-9-15-7-2-1-3-8-15/h1-3,7-8,13-14H,4-6,9-12H2,(H,19,20). The van der Waals surface area contributed by atoms with E-state index in [-0.39, 0.29) is 6.42 Å². The Balaban J connectivity index is 1.67. The zero-order valence-electron chi connectivity index (χ0n) is 12.3. The third-order valence-corrected chi connectivity index (χ3v) is 4.59. The van der Waals surface area contributed by atoms with Gasteiger partial charge in [-0.05, 0) is 61.1 Å². The topological polar surface area (TPSA) is 37.3 Å². The summed E-state index contributed by atoms with van der Waals surface area (Å²) in [7, 11) is 0. The lowest BCUT2D eigenvalue weighted by Crippen LogP contribution is -1.94. The van der Waals surface area contributed by atoms with Crippen molar-refractivity contribution in [2.75, 3.05) is 0 Å². The number of aliphatic carboxylic acids is 1. The van der Waals surface area contributed by atoms with Gasteiger partial charge >= 0.3 is 5.97 Å². The maximum atomic E-state index is 10.5. The largest absolute Gasteiger partial charge is 0.481 e. The summed E-state index contributed by atoms with van der Waals surface area (Å²) in [5.41, 5.74) is 2.82. The molecule has 0 atom stereocenters. The molecule has 1 aromatic heterocycles. The molecule has 21 heavy (non-hydrogen) atoms. The summed E-state index contributed by atoms with van der Waals surface area (Å²) in [6, 6.07) is 12.9. The molecule has 1 aromatic carbocycles. The summed E-state index contributed by atoms with van der Waals surface area (Å²) in [6.07, 6.45) is 6.48. The molecular formula is C18H22O2S. The number of carbonyl (C=O) groups is 1. The van der Waals surface area contributed by atoms with Gasteiger partial charge in [-0.1, -0.05) is 30.3 Å². The first-order valence-electron chi connectivity index (χ1n) is 7.56. The van der Waals surface area contributed by atoms with Crippen LogP contribution in [0.1, 0.15) is 41.7 Å². The lowest BCUT2D eigenvalue weighted by molar-refractivity contribution is -0.137. The van der Waals surface area contributed by atoms with Gasteiger partial charge in [0, 0.05) is 11.3 Å². The molecule has 2 rings (SSSR count). The first kappa shape index (κ1) is 15.8. The van der Waals surface area contributed by atoms with Crippen molar-refractivity contribution >= 4 is 17.3 Å². The molecule has 1 N–H and O–H groups in total. The molecule has 0 unspecified atom stereocenters. The molecule has 0 aliphatic carbocycles. The minimum Gasteiger partial charge on any atom is -0.481 e. The first-order chi connectivity index (χ1) is 10.2. The van der Waals surface area contributed by atoms with Gasteiger partial charge in [0.25, 0.3) is 0 Å². The lowest BCUT2D eigenvalue weighted by atomic mass is 10.1. The van der Waals surface area contributed by atoms with E-state index < -0.39 is 5.97 Å². The molecule has 0 amide bonds. The van der Waals surface area contributed by atoms with Crippen molar-refractivity contribution in [2.24, 2.45) is 0 Å². The molecule has 1 heterocycles. The second-order valence-corrected chi connectivity index (χ2v) is 6.36. The highest BCUT2D eigenvalue weighted by molar-refractivity contribution is 7.10. The molecule has 0 bridgehead atoms. The van der Waals surface area contributed by atoms with E-state index in [2.05, 4.69) is 41.8 Å². The summed E-state index contributed by atoms with van der Waals surface area (Å²) >= 11 is 1.81. The van der Waals surface area contributed by atoms with Gasteiger partial charge in [-0.25, -0.2) is 0 Å². The van der Waals surface area contributed by atoms with E-state index in [0.717, 1.165) is 32.1 Å². The van der Waals surface area contributed by atoms with Crippen LogP contribution in [0.4, 0.5) is 0 Å². The van der Waals surface area contributed by atoms with Crippen LogP contribution in [0.2, 0.25) is 0 Å². The number of hydrogen-bond donors (Lipinski definition) is 1. The average Bonchev–Trinajstić information content (AvgIpc) is 2.92. The van der Waals surface area contributed by atoms with Crippen LogP contribution >= 0.6 is 11.3 Å². The fraction of sp³-hybridized carbons (Fsp3) is 0.389. The Morgan fingerprint density at radius 1 is 0.952 bits per heavy atom. The van der Waals surface area contributed by atoms with Crippen LogP contribution in [0, 0.1) is 0 Å². The van der Waals surface area contributed by atoms with Crippen LogP contribution in [-0.4, -0.2) is 11.1 Å². The molecule has 0 aliphatic rings. The van der Waals surface area contributed by atoms with Crippen molar-refractivity contribution in [2.45, 2.75) is 44.9 Å². The Morgan fingerprint density at radius 2 is 1.71 bits per heavy atom. The highest BCUT2D eigenvalue weighted by Gasteiger charge is 2.02. The fourth-order valence-electron chi connectivity index (χ4n) is 2.41. The van der Waals surface area contributed by atoms with Gasteiger partial charge < -0.3 is 5.11 Å². The van der Waals surface area contributed by atoms with Crippen molar-refractivity contribution in [3.63, 3.8) is 0 Å². The Hall–Kier alpha value is -1.61. The zero-order valence-corrected chi connectivity index (χ0v) is 13.1. The van der Waals surface area contributed by atoms with Crippen LogP contribution in [0.5, 0.6) is 0 Å². The van der Waals surface area contributed by atoms with E-state index in [9.17, 15) is 4.79 Å². The van der Waals surface area contributed by atoms with Crippen LogP contribution in [0.25, 0.3) is 0 Å². The summed E-state index contributed by atoms with van der Waals surface area (Å²) in [4.78, 5) is 11.8. The van der Waals surface area contributed by atoms with Gasteiger partial charge in [0.05, 0.1) is 0 Å². The number of aryl methyl sites for hydroxylation is 3. The van der Waals surface area contributed by atoms with E-state index in [1.807, 2.05) is 11.3 Å². The Bertz CT molecular complexity index is 545. The monoisotopic (exact) mass is 302 g/mol. The van der Waals surface area contributed by atoms with Gasteiger partial charge in [0.15, 0.2) is 0 Å². The Morgan fingerprint density at radius 3 is 2.48 bits per heavy atom. The summed E-state index contributed by atoms with van der Waals surface area (Å²) in [5.74, 6) is -0.692. The van der Waals surface area contributed by atoms with Gasteiger partial charge in [-0.3, -0.25) is 4.79 Å². The van der Waals surface area contributed by atoms with Crippen molar-refractivity contribution in [3.05, 3.63) is 57.8 Å². The molecule has 112 valence electrons. The molecule has 0 fully saturated rings. The predicted octanol–water partition coefficient (Wildman–Crippen LogP) is 4.72. The predicted molar refractivity (Wildman–Crippen MR) is 88.0 cm³/mol. The molecule has 0 radical (unpaired) electrons. The fourth-order valence-corrected chi connectivity index (χ4v) is 3.38. The second-order valence-electron chi connectivity index (χ2n) is 5.36. The van der Waals surface area contributed by atoms with E-state index >= 15 is 0 Å². The normalized spacial score (nSPS) is 10.7. The van der Waals surface area contributed by atoms with Crippen molar-refractivity contribution in [1.29, 1.82) is 0 Å². The summed E-state index contributed by atoms with van der Waals surface area (Å²) in [6.45, 7) is 0. The van der Waals surface area contributed by atoms with E-state index in [1.54, 1.807) is 0 Å². The highest BCUT2D eigenvalue weighted by atomic mass is 32.1. The van der Waals surface area contributed by atoms with Crippen LogP contribution in [0.15, 0.2) is 41.8 Å². The first-order valence-corrected chi connectivity index (χ1v) is 8.44. The Kier molecular flexibility index (Phi) is 6.48. The maximum Gasteiger partial charge on any atom is 0.303 e. The smallest absolute Gasteiger partial charge is 0.303 e. The van der Waals surface area contributed by atoms with Crippen LogP contribution < -0.4 is 0 Å². The third-order valence-electron chi connectivity index (χ3n) is 3.55. The van der Waals surface area contributed by atoms with Gasteiger partial charge in [-0.2, -0.15) is 0 Å². The molecular weight excluding hydrogens is 280 g/mol. The number of benzene rings is 1. The van der Waals surface area contributed by atoms with Gasteiger partial charge in [0.1, 0.15) is 0 Å². The molecule has 2 nitrogen and oxygen atoms in total. The number of unbranched alkanes of at least 4 members (excludes halogenated alkanes) is 1. The van der Waals surface area contributed by atoms with Gasteiger partial charge in [-0.15, -0.1) is 11.3 Å². The Labute approximate surface area is 130 Å². The van der Waals surface area contributed by atoms with Crippen molar-refractivity contribution in [3.8, 4) is 0 Å². The molecule has 0 saturated carbocycles. The number of carboxylic acid groups (broad SMARTS) is 1.